The normalized spacial score (nSPS) is 28.6. The molecule has 1 aromatic heterocycles. The molecule has 1 amide bonds. The molecule has 2 saturated carbocycles. The molecule has 4 aliphatic rings. The molecule has 2 aliphatic carbocycles. The fraction of sp³-hybridized carbons (Fsp3) is 0.667. The van der Waals surface area contributed by atoms with Crippen LogP contribution in [0, 0.1) is 23.7 Å². The molecule has 30 heavy (non-hydrogen) atoms. The van der Waals surface area contributed by atoms with E-state index >= 15 is 0 Å². The number of anilines is 1. The molecule has 9 heteroatoms. The number of fused-ring (bicyclic) bond motifs is 1. The lowest BCUT2D eigenvalue weighted by Gasteiger charge is -2.40. The Morgan fingerprint density at radius 1 is 1.20 bits per heavy atom. The van der Waals surface area contributed by atoms with Crippen molar-refractivity contribution in [3.63, 3.8) is 0 Å². The van der Waals surface area contributed by atoms with Gasteiger partial charge >= 0.3 is 5.97 Å². The number of esters is 1. The summed E-state index contributed by atoms with van der Waals surface area (Å²) in [7, 11) is 0. The van der Waals surface area contributed by atoms with Gasteiger partial charge in [-0.05, 0) is 49.7 Å². The summed E-state index contributed by atoms with van der Waals surface area (Å²) in [5.41, 5.74) is 0.746. The van der Waals surface area contributed by atoms with E-state index in [4.69, 9.17) is 9.47 Å². The maximum absolute atomic E-state index is 13.3. The quantitative estimate of drug-likeness (QED) is 0.629. The van der Waals surface area contributed by atoms with E-state index in [0.717, 1.165) is 12.8 Å². The number of alkyl halides is 2. The van der Waals surface area contributed by atoms with Gasteiger partial charge in [-0.15, -0.1) is 0 Å². The van der Waals surface area contributed by atoms with Crippen LogP contribution in [0.2, 0.25) is 0 Å². The van der Waals surface area contributed by atoms with E-state index in [1.807, 2.05) is 0 Å². The van der Waals surface area contributed by atoms with Crippen LogP contribution in [-0.2, 0) is 9.53 Å². The average molecular weight is 421 g/mol. The van der Waals surface area contributed by atoms with Gasteiger partial charge in [0.15, 0.2) is 0 Å². The van der Waals surface area contributed by atoms with Crippen LogP contribution in [0.1, 0.15) is 30.3 Å². The van der Waals surface area contributed by atoms with Crippen molar-refractivity contribution in [2.24, 2.45) is 23.7 Å². The lowest BCUT2D eigenvalue weighted by Crippen LogP contribution is -2.56. The number of halogens is 2. The van der Waals surface area contributed by atoms with Gasteiger partial charge < -0.3 is 19.3 Å². The van der Waals surface area contributed by atoms with E-state index in [0.29, 0.717) is 37.9 Å². The number of amides is 1. The molecule has 2 aliphatic heterocycles. The Hall–Kier alpha value is -2.45. The van der Waals surface area contributed by atoms with Crippen molar-refractivity contribution in [3.8, 4) is 5.88 Å². The number of aromatic nitrogens is 1. The zero-order chi connectivity index (χ0) is 21.0. The second-order valence-electron chi connectivity index (χ2n) is 8.80. The number of carbonyl (C=O) groups excluding carboxylic acids is 2. The summed E-state index contributed by atoms with van der Waals surface area (Å²) in [6, 6.07) is 3.22. The van der Waals surface area contributed by atoms with E-state index in [-0.39, 0.29) is 54.3 Å². The van der Waals surface area contributed by atoms with Crippen molar-refractivity contribution < 1.29 is 27.8 Å². The Bertz CT molecular complexity index is 856. The van der Waals surface area contributed by atoms with Crippen molar-refractivity contribution >= 4 is 17.6 Å². The van der Waals surface area contributed by atoms with Gasteiger partial charge in [-0.1, -0.05) is 0 Å². The first-order valence-electron chi connectivity index (χ1n) is 10.6. The Kier molecular flexibility index (Phi) is 4.59. The minimum atomic E-state index is -2.70. The van der Waals surface area contributed by atoms with E-state index in [9.17, 15) is 18.4 Å². The van der Waals surface area contributed by atoms with Crippen molar-refractivity contribution in [1.29, 1.82) is 0 Å². The maximum atomic E-state index is 13.3. The number of hydrogen-bond acceptors (Lipinski definition) is 6. The molecular formula is C21H25F2N3O4. The van der Waals surface area contributed by atoms with E-state index in [2.05, 4.69) is 4.98 Å². The molecule has 7 nitrogen and oxygen atoms in total. The van der Waals surface area contributed by atoms with Crippen molar-refractivity contribution in [1.82, 2.24) is 9.88 Å². The Morgan fingerprint density at radius 3 is 2.50 bits per heavy atom. The Balaban J connectivity index is 1.27. The number of carbonyl (C=O) groups is 2. The number of ether oxygens (including phenoxy) is 2. The van der Waals surface area contributed by atoms with Crippen LogP contribution >= 0.6 is 0 Å². The zero-order valence-corrected chi connectivity index (χ0v) is 16.9. The monoisotopic (exact) mass is 421 g/mol. The highest BCUT2D eigenvalue weighted by molar-refractivity contribution is 5.93. The summed E-state index contributed by atoms with van der Waals surface area (Å²) < 4.78 is 37.5. The molecule has 0 spiro atoms. The van der Waals surface area contributed by atoms with Crippen LogP contribution < -0.4 is 9.64 Å². The molecule has 2 atom stereocenters. The summed E-state index contributed by atoms with van der Waals surface area (Å²) in [6.07, 6.45) is 2.18. The predicted octanol–water partition coefficient (Wildman–Crippen LogP) is 2.21. The number of pyridine rings is 1. The standard InChI is InChI=1S/C21H25F2N3O4/c1-2-29-20(28)17-13-7-25(8-14(13)17)19(27)15-5-6-16(26-10-21(22,23)11-26)18(24-15)30-9-12-3-4-12/h5-6,12-14,17H,2-4,7-11H2,1H3. The average Bonchev–Trinajstić information content (AvgIpc) is 3.61. The number of rotatable bonds is 7. The van der Waals surface area contributed by atoms with Crippen molar-refractivity contribution in [2.75, 3.05) is 44.3 Å². The van der Waals surface area contributed by atoms with E-state index in [1.165, 1.54) is 4.90 Å². The lowest BCUT2D eigenvalue weighted by atomic mass is 10.1. The maximum Gasteiger partial charge on any atom is 0.309 e. The number of hydrogen-bond donors (Lipinski definition) is 0. The second kappa shape index (κ2) is 7.06. The third kappa shape index (κ3) is 3.58. The predicted molar refractivity (Wildman–Crippen MR) is 103 cm³/mol. The minimum Gasteiger partial charge on any atom is -0.476 e. The smallest absolute Gasteiger partial charge is 0.309 e. The Labute approximate surface area is 173 Å². The van der Waals surface area contributed by atoms with Crippen LogP contribution in [0.15, 0.2) is 12.1 Å². The molecule has 0 aromatic carbocycles. The summed E-state index contributed by atoms with van der Waals surface area (Å²) in [5, 5.41) is 0. The molecular weight excluding hydrogens is 396 g/mol. The topological polar surface area (TPSA) is 72.0 Å². The van der Waals surface area contributed by atoms with Crippen LogP contribution in [0.5, 0.6) is 5.88 Å². The molecule has 1 aromatic rings. The van der Waals surface area contributed by atoms with Crippen LogP contribution in [0.25, 0.3) is 0 Å². The molecule has 5 rings (SSSR count). The fourth-order valence-electron chi connectivity index (χ4n) is 4.51. The molecule has 2 saturated heterocycles. The molecule has 0 bridgehead atoms. The highest BCUT2D eigenvalue weighted by atomic mass is 19.3. The van der Waals surface area contributed by atoms with Gasteiger partial charge in [-0.25, -0.2) is 13.8 Å². The van der Waals surface area contributed by atoms with Crippen LogP contribution in [0.3, 0.4) is 0 Å². The van der Waals surface area contributed by atoms with Gasteiger partial charge in [-0.3, -0.25) is 9.59 Å². The molecule has 162 valence electrons. The fourth-order valence-corrected chi connectivity index (χ4v) is 4.51. The summed E-state index contributed by atoms with van der Waals surface area (Å²) in [6.45, 7) is 2.90. The zero-order valence-electron chi connectivity index (χ0n) is 16.9. The van der Waals surface area contributed by atoms with Crippen molar-refractivity contribution in [3.05, 3.63) is 17.8 Å². The first-order valence-corrected chi connectivity index (χ1v) is 10.6. The van der Waals surface area contributed by atoms with Gasteiger partial charge in [-0.2, -0.15) is 0 Å². The summed E-state index contributed by atoms with van der Waals surface area (Å²) in [5.74, 6) is -2.17. The molecule has 0 N–H and O–H groups in total. The first kappa shape index (κ1) is 19.5. The van der Waals surface area contributed by atoms with Gasteiger partial charge in [0.2, 0.25) is 5.88 Å². The number of likely N-dealkylation sites (tertiary alicyclic amines) is 1. The van der Waals surface area contributed by atoms with Crippen molar-refractivity contribution in [2.45, 2.75) is 25.7 Å². The van der Waals surface area contributed by atoms with Gasteiger partial charge in [0, 0.05) is 13.1 Å². The third-order valence-corrected chi connectivity index (χ3v) is 6.44. The van der Waals surface area contributed by atoms with Crippen LogP contribution in [-0.4, -0.2) is 67.1 Å². The molecule has 3 heterocycles. The largest absolute Gasteiger partial charge is 0.476 e. The van der Waals surface area contributed by atoms with Gasteiger partial charge in [0.1, 0.15) is 11.4 Å². The molecule has 4 fully saturated rings. The molecule has 2 unspecified atom stereocenters. The lowest BCUT2D eigenvalue weighted by molar-refractivity contribution is -0.145. The number of nitrogens with zero attached hydrogens (tertiary/aromatic N) is 3. The second-order valence-corrected chi connectivity index (χ2v) is 8.80. The van der Waals surface area contributed by atoms with Gasteiger partial charge in [0.25, 0.3) is 11.8 Å². The van der Waals surface area contributed by atoms with Gasteiger partial charge in [0.05, 0.1) is 32.2 Å². The van der Waals surface area contributed by atoms with E-state index in [1.54, 1.807) is 24.0 Å². The third-order valence-electron chi connectivity index (χ3n) is 6.44. The Morgan fingerprint density at radius 2 is 1.90 bits per heavy atom. The summed E-state index contributed by atoms with van der Waals surface area (Å²) in [4.78, 5) is 32.5. The molecule has 0 radical (unpaired) electrons. The van der Waals surface area contributed by atoms with Crippen LogP contribution in [0.4, 0.5) is 14.5 Å². The highest BCUT2D eigenvalue weighted by Crippen LogP contribution is 2.52. The summed E-state index contributed by atoms with van der Waals surface area (Å²) >= 11 is 0. The first-order chi connectivity index (χ1) is 14.4. The highest BCUT2D eigenvalue weighted by Gasteiger charge is 2.61. The SMILES string of the molecule is CCOC(=O)C1C2CN(C(=O)c3ccc(N4CC(F)(F)C4)c(OCC4CC4)n3)CC21. The number of piperidine rings is 1. The van der Waals surface area contributed by atoms with E-state index < -0.39 is 5.92 Å². The minimum absolute atomic E-state index is 0.102.